The van der Waals surface area contributed by atoms with E-state index in [1.54, 1.807) is 12.3 Å². The van der Waals surface area contributed by atoms with Crippen molar-refractivity contribution in [1.29, 1.82) is 0 Å². The molecule has 0 fully saturated rings. The summed E-state index contributed by atoms with van der Waals surface area (Å²) in [6.07, 6.45) is 2.95. The summed E-state index contributed by atoms with van der Waals surface area (Å²) in [6.45, 7) is 0.447. The number of aromatic hydroxyl groups is 1. The molecule has 0 saturated heterocycles. The molecule has 0 spiro atoms. The Kier molecular flexibility index (Phi) is 5.44. The van der Waals surface area contributed by atoms with Crippen LogP contribution in [0.3, 0.4) is 0 Å². The molecule has 21 heavy (non-hydrogen) atoms. The minimum Gasteiger partial charge on any atom is -0.506 e. The Hall–Kier alpha value is -1.76. The maximum atomic E-state index is 9.75. The van der Waals surface area contributed by atoms with Crippen LogP contribution in [0.25, 0.3) is 0 Å². The SMILES string of the molecule is Oc1c(Cl)cc(Cl)cc1/C=N\NC(=S)NCc1ccco1. The fraction of sp³-hybridized carbons (Fsp3) is 0.0769. The number of nitrogens with zero attached hydrogens (tertiary/aromatic N) is 1. The maximum absolute atomic E-state index is 9.75. The van der Waals surface area contributed by atoms with E-state index in [-0.39, 0.29) is 10.8 Å². The van der Waals surface area contributed by atoms with E-state index in [4.69, 9.17) is 39.8 Å². The maximum Gasteiger partial charge on any atom is 0.187 e. The highest BCUT2D eigenvalue weighted by Crippen LogP contribution is 2.29. The number of furan rings is 1. The molecule has 2 aromatic rings. The van der Waals surface area contributed by atoms with Crippen LogP contribution in [0, 0.1) is 0 Å². The van der Waals surface area contributed by atoms with Crippen LogP contribution in [-0.2, 0) is 6.54 Å². The van der Waals surface area contributed by atoms with Gasteiger partial charge in [0.1, 0.15) is 11.5 Å². The molecule has 0 bridgehead atoms. The molecule has 1 aromatic carbocycles. The van der Waals surface area contributed by atoms with Gasteiger partial charge in [-0.1, -0.05) is 23.2 Å². The number of phenolic OH excluding ortho intramolecular Hbond substituents is 1. The zero-order valence-electron chi connectivity index (χ0n) is 10.6. The van der Waals surface area contributed by atoms with Gasteiger partial charge in [-0.05, 0) is 36.5 Å². The largest absolute Gasteiger partial charge is 0.506 e. The third kappa shape index (κ3) is 4.63. The highest BCUT2D eigenvalue weighted by atomic mass is 35.5. The van der Waals surface area contributed by atoms with Crippen molar-refractivity contribution in [3.63, 3.8) is 0 Å². The zero-order chi connectivity index (χ0) is 15.2. The Labute approximate surface area is 136 Å². The molecule has 0 aliphatic carbocycles. The molecule has 0 aliphatic heterocycles. The van der Waals surface area contributed by atoms with Gasteiger partial charge in [0.15, 0.2) is 5.11 Å². The monoisotopic (exact) mass is 343 g/mol. The Morgan fingerprint density at radius 3 is 2.95 bits per heavy atom. The normalized spacial score (nSPS) is 10.8. The number of hydrogen-bond donors (Lipinski definition) is 3. The lowest BCUT2D eigenvalue weighted by Gasteiger charge is -2.05. The van der Waals surface area contributed by atoms with Crippen molar-refractivity contribution in [1.82, 2.24) is 10.7 Å². The van der Waals surface area contributed by atoms with Gasteiger partial charge in [-0.25, -0.2) is 0 Å². The molecule has 3 N–H and O–H groups in total. The molecule has 8 heteroatoms. The molecule has 0 radical (unpaired) electrons. The van der Waals surface area contributed by atoms with Gasteiger partial charge < -0.3 is 14.8 Å². The van der Waals surface area contributed by atoms with Crippen molar-refractivity contribution < 1.29 is 9.52 Å². The van der Waals surface area contributed by atoms with Gasteiger partial charge in [0.2, 0.25) is 0 Å². The van der Waals surface area contributed by atoms with Gasteiger partial charge in [0.25, 0.3) is 0 Å². The van der Waals surface area contributed by atoms with Crippen LogP contribution < -0.4 is 10.7 Å². The first kappa shape index (κ1) is 15.6. The topological polar surface area (TPSA) is 69.8 Å². The molecular formula is C13H11Cl2N3O2S. The predicted molar refractivity (Wildman–Crippen MR) is 87.0 cm³/mol. The number of hydrazone groups is 1. The van der Waals surface area contributed by atoms with Crippen molar-refractivity contribution in [2.24, 2.45) is 5.10 Å². The lowest BCUT2D eigenvalue weighted by molar-refractivity contribution is 0.474. The van der Waals surface area contributed by atoms with Gasteiger partial charge in [-0.2, -0.15) is 5.10 Å². The van der Waals surface area contributed by atoms with Crippen molar-refractivity contribution in [2.75, 3.05) is 0 Å². The van der Waals surface area contributed by atoms with Gasteiger partial charge in [-0.15, -0.1) is 0 Å². The first-order chi connectivity index (χ1) is 10.1. The first-order valence-electron chi connectivity index (χ1n) is 5.83. The van der Waals surface area contributed by atoms with E-state index >= 15 is 0 Å². The zero-order valence-corrected chi connectivity index (χ0v) is 13.0. The van der Waals surface area contributed by atoms with E-state index in [0.717, 1.165) is 5.76 Å². The van der Waals surface area contributed by atoms with Crippen LogP contribution >= 0.6 is 35.4 Å². The van der Waals surface area contributed by atoms with Gasteiger partial charge in [0.05, 0.1) is 24.0 Å². The third-order valence-electron chi connectivity index (χ3n) is 2.43. The summed E-state index contributed by atoms with van der Waals surface area (Å²) in [7, 11) is 0. The van der Waals surface area contributed by atoms with Gasteiger partial charge >= 0.3 is 0 Å². The van der Waals surface area contributed by atoms with E-state index in [2.05, 4.69) is 15.8 Å². The van der Waals surface area contributed by atoms with Gasteiger partial charge in [0, 0.05) is 10.6 Å². The second kappa shape index (κ2) is 7.31. The average Bonchev–Trinajstić information content (AvgIpc) is 2.95. The number of benzene rings is 1. The fourth-order valence-electron chi connectivity index (χ4n) is 1.46. The van der Waals surface area contributed by atoms with E-state index in [0.29, 0.717) is 22.2 Å². The van der Waals surface area contributed by atoms with Crippen molar-refractivity contribution >= 4 is 46.7 Å². The summed E-state index contributed by atoms with van der Waals surface area (Å²) in [4.78, 5) is 0. The van der Waals surface area contributed by atoms with Crippen LogP contribution in [0.2, 0.25) is 10.0 Å². The summed E-state index contributed by atoms with van der Waals surface area (Å²) in [5.41, 5.74) is 2.99. The van der Waals surface area contributed by atoms with Crippen LogP contribution in [0.5, 0.6) is 5.75 Å². The van der Waals surface area contributed by atoms with E-state index in [1.807, 2.05) is 6.07 Å². The molecule has 0 unspecified atom stereocenters. The summed E-state index contributed by atoms with van der Waals surface area (Å²) in [5, 5.41) is 17.4. The molecule has 0 amide bonds. The molecule has 1 aromatic heterocycles. The number of phenols is 1. The average molecular weight is 344 g/mol. The summed E-state index contributed by atoms with van der Waals surface area (Å²) >= 11 is 16.7. The summed E-state index contributed by atoms with van der Waals surface area (Å²) in [6, 6.07) is 6.59. The second-order valence-electron chi connectivity index (χ2n) is 3.96. The molecule has 0 aliphatic rings. The lowest BCUT2D eigenvalue weighted by atomic mass is 10.2. The Morgan fingerprint density at radius 1 is 1.43 bits per heavy atom. The molecule has 110 valence electrons. The van der Waals surface area contributed by atoms with Crippen LogP contribution in [0.15, 0.2) is 40.0 Å². The minimum atomic E-state index is -0.0962. The lowest BCUT2D eigenvalue weighted by Crippen LogP contribution is -2.31. The van der Waals surface area contributed by atoms with E-state index in [9.17, 15) is 5.11 Å². The Balaban J connectivity index is 1.89. The minimum absolute atomic E-state index is 0.0962. The third-order valence-corrected chi connectivity index (χ3v) is 3.17. The van der Waals surface area contributed by atoms with E-state index in [1.165, 1.54) is 18.3 Å². The molecule has 1 heterocycles. The van der Waals surface area contributed by atoms with Crippen molar-refractivity contribution in [3.8, 4) is 5.75 Å². The molecular weight excluding hydrogens is 333 g/mol. The van der Waals surface area contributed by atoms with Crippen LogP contribution in [0.1, 0.15) is 11.3 Å². The highest BCUT2D eigenvalue weighted by Gasteiger charge is 2.05. The fourth-order valence-corrected chi connectivity index (χ4v) is 2.10. The summed E-state index contributed by atoms with van der Waals surface area (Å²) < 4.78 is 5.15. The quantitative estimate of drug-likeness (QED) is 0.451. The number of halogens is 2. The second-order valence-corrected chi connectivity index (χ2v) is 5.21. The Morgan fingerprint density at radius 2 is 2.24 bits per heavy atom. The standard InChI is InChI=1S/C13H11Cl2N3O2S/c14-9-4-8(12(19)11(15)5-9)6-17-18-13(21)16-7-10-2-1-3-20-10/h1-6,19H,7H2,(H2,16,18,21)/b17-6-. The van der Waals surface area contributed by atoms with Crippen LogP contribution in [-0.4, -0.2) is 16.4 Å². The van der Waals surface area contributed by atoms with Crippen molar-refractivity contribution in [2.45, 2.75) is 6.54 Å². The number of rotatable bonds is 4. The first-order valence-corrected chi connectivity index (χ1v) is 7.00. The van der Waals surface area contributed by atoms with Gasteiger partial charge in [-0.3, -0.25) is 5.43 Å². The molecule has 0 saturated carbocycles. The number of thiocarbonyl (C=S) groups is 1. The van der Waals surface area contributed by atoms with E-state index < -0.39 is 0 Å². The predicted octanol–water partition coefficient (Wildman–Crippen LogP) is 3.29. The molecule has 0 atom stereocenters. The smallest absolute Gasteiger partial charge is 0.187 e. The number of nitrogens with one attached hydrogen (secondary N) is 2. The molecule has 5 nitrogen and oxygen atoms in total. The van der Waals surface area contributed by atoms with Crippen molar-refractivity contribution in [3.05, 3.63) is 51.9 Å². The molecule has 2 rings (SSSR count). The highest BCUT2D eigenvalue weighted by molar-refractivity contribution is 7.80. The number of hydrogen-bond acceptors (Lipinski definition) is 4. The van der Waals surface area contributed by atoms with Crippen LogP contribution in [0.4, 0.5) is 0 Å². The Bertz CT molecular complexity index is 660. The summed E-state index contributed by atoms with van der Waals surface area (Å²) in [5.74, 6) is 0.656.